The van der Waals surface area contributed by atoms with E-state index in [-0.39, 0.29) is 11.3 Å². The van der Waals surface area contributed by atoms with E-state index in [1.165, 1.54) is 0 Å². The summed E-state index contributed by atoms with van der Waals surface area (Å²) in [4.78, 5) is 0. The highest BCUT2D eigenvalue weighted by Gasteiger charge is 2.29. The zero-order chi connectivity index (χ0) is 15.1. The maximum Gasteiger partial charge on any atom is 0.422 e. The third kappa shape index (κ3) is 8.19. The van der Waals surface area contributed by atoms with E-state index in [2.05, 4.69) is 0 Å². The van der Waals surface area contributed by atoms with E-state index in [0.717, 1.165) is 5.57 Å². The first-order valence-corrected chi connectivity index (χ1v) is 6.97. The average molecular weight is 299 g/mol. The van der Waals surface area contributed by atoms with Crippen molar-refractivity contribution in [3.63, 3.8) is 0 Å². The second kappa shape index (κ2) is 8.51. The van der Waals surface area contributed by atoms with Gasteiger partial charge in [0.05, 0.1) is 11.1 Å². The molecule has 0 N–H and O–H groups in total. The second-order valence-corrected chi connectivity index (χ2v) is 4.95. The number of alkyl halides is 4. The Bertz CT molecular complexity index is 319. The Kier molecular flexibility index (Phi) is 8.23. The molecule has 0 aromatic rings. The average Bonchev–Trinajstić information content (AvgIpc) is 2.50. The van der Waals surface area contributed by atoms with Crippen LogP contribution in [0, 0.1) is 5.92 Å². The van der Waals surface area contributed by atoms with Gasteiger partial charge >= 0.3 is 6.18 Å². The summed E-state index contributed by atoms with van der Waals surface area (Å²) in [6, 6.07) is 0. The summed E-state index contributed by atoms with van der Waals surface area (Å²) >= 11 is 6.03. The largest absolute Gasteiger partial charge is 0.488 e. The van der Waals surface area contributed by atoms with Crippen molar-refractivity contribution in [3.05, 3.63) is 23.5 Å². The molecule has 0 aliphatic heterocycles. The zero-order valence-electron chi connectivity index (χ0n) is 11.9. The molecule has 1 unspecified atom stereocenters. The number of hydrogen-bond acceptors (Lipinski definition) is 1. The molecule has 1 atom stereocenters. The molecular weight excluding hydrogens is 277 g/mol. The van der Waals surface area contributed by atoms with E-state index in [1.807, 2.05) is 33.8 Å². The molecular formula is C14H22ClF3O. The second-order valence-electron chi connectivity index (χ2n) is 4.39. The van der Waals surface area contributed by atoms with Crippen LogP contribution < -0.4 is 0 Å². The Balaban J connectivity index is 0.00000154. The Morgan fingerprint density at radius 3 is 2.42 bits per heavy atom. The fourth-order valence-corrected chi connectivity index (χ4v) is 1.78. The third-order valence-corrected chi connectivity index (χ3v) is 2.80. The molecule has 0 saturated heterocycles. The summed E-state index contributed by atoms with van der Waals surface area (Å²) in [6.07, 6.45) is 0.308. The molecule has 0 spiro atoms. The SMILES string of the molecule is CC.CC(C)C1=CC(Cl)CCC(OCC(F)(F)F)=C1. The van der Waals surface area contributed by atoms with Crippen molar-refractivity contribution < 1.29 is 17.9 Å². The van der Waals surface area contributed by atoms with E-state index >= 15 is 0 Å². The molecule has 1 rings (SSSR count). The van der Waals surface area contributed by atoms with Crippen molar-refractivity contribution in [2.24, 2.45) is 5.92 Å². The lowest BCUT2D eigenvalue weighted by atomic mass is 10.0. The molecule has 0 aromatic carbocycles. The first-order chi connectivity index (χ1) is 8.78. The fourth-order valence-electron chi connectivity index (χ4n) is 1.53. The van der Waals surface area contributed by atoms with Crippen molar-refractivity contribution >= 4 is 11.6 Å². The van der Waals surface area contributed by atoms with Crippen LogP contribution >= 0.6 is 11.6 Å². The number of allylic oxidation sites excluding steroid dienone is 4. The Morgan fingerprint density at radius 2 is 1.95 bits per heavy atom. The molecule has 1 aliphatic rings. The van der Waals surface area contributed by atoms with Crippen molar-refractivity contribution in [1.82, 2.24) is 0 Å². The monoisotopic (exact) mass is 298 g/mol. The van der Waals surface area contributed by atoms with Gasteiger partial charge in [0.1, 0.15) is 0 Å². The Morgan fingerprint density at radius 1 is 1.37 bits per heavy atom. The zero-order valence-corrected chi connectivity index (χ0v) is 12.6. The summed E-state index contributed by atoms with van der Waals surface area (Å²) in [7, 11) is 0. The number of ether oxygens (including phenoxy) is 1. The van der Waals surface area contributed by atoms with Gasteiger partial charge < -0.3 is 4.74 Å². The summed E-state index contributed by atoms with van der Waals surface area (Å²) in [5.41, 5.74) is 0.930. The number of rotatable bonds is 3. The van der Waals surface area contributed by atoms with Gasteiger partial charge in [-0.25, -0.2) is 0 Å². The smallest absolute Gasteiger partial charge is 0.422 e. The number of halogens is 4. The van der Waals surface area contributed by atoms with E-state index in [1.54, 1.807) is 6.08 Å². The summed E-state index contributed by atoms with van der Waals surface area (Å²) in [6.45, 7) is 6.70. The van der Waals surface area contributed by atoms with Gasteiger partial charge in [0, 0.05) is 6.42 Å². The van der Waals surface area contributed by atoms with E-state index in [9.17, 15) is 13.2 Å². The van der Waals surface area contributed by atoms with Crippen LogP contribution in [0.5, 0.6) is 0 Å². The topological polar surface area (TPSA) is 9.23 Å². The molecule has 1 aliphatic carbocycles. The first-order valence-electron chi connectivity index (χ1n) is 6.54. The predicted octanol–water partition coefficient (Wildman–Crippen LogP) is 5.46. The molecule has 5 heteroatoms. The quantitative estimate of drug-likeness (QED) is 0.629. The lowest BCUT2D eigenvalue weighted by Crippen LogP contribution is -2.16. The first kappa shape index (κ1) is 18.4. The van der Waals surface area contributed by atoms with E-state index in [0.29, 0.717) is 18.6 Å². The van der Waals surface area contributed by atoms with Gasteiger partial charge in [-0.1, -0.05) is 33.8 Å². The highest BCUT2D eigenvalue weighted by Crippen LogP contribution is 2.27. The van der Waals surface area contributed by atoms with Crippen molar-refractivity contribution in [2.75, 3.05) is 6.61 Å². The van der Waals surface area contributed by atoms with E-state index in [4.69, 9.17) is 16.3 Å². The number of hydrogen-bond donors (Lipinski definition) is 0. The van der Waals surface area contributed by atoms with Gasteiger partial charge in [-0.05, 0) is 24.0 Å². The van der Waals surface area contributed by atoms with Crippen molar-refractivity contribution in [2.45, 2.75) is 52.1 Å². The van der Waals surface area contributed by atoms with Crippen LogP contribution in [-0.2, 0) is 4.74 Å². The van der Waals surface area contributed by atoms with Gasteiger partial charge in [0.15, 0.2) is 6.61 Å². The molecule has 0 aromatic heterocycles. The summed E-state index contributed by atoms with van der Waals surface area (Å²) in [5.74, 6) is 0.587. The lowest BCUT2D eigenvalue weighted by molar-refractivity contribution is -0.165. The minimum Gasteiger partial charge on any atom is -0.488 e. The van der Waals surface area contributed by atoms with Crippen LogP contribution in [0.1, 0.15) is 40.5 Å². The third-order valence-electron chi connectivity index (χ3n) is 2.46. The molecule has 0 radical (unpaired) electrons. The molecule has 0 bridgehead atoms. The van der Waals surface area contributed by atoms with Gasteiger partial charge in [0.2, 0.25) is 0 Å². The molecule has 0 amide bonds. The molecule has 19 heavy (non-hydrogen) atoms. The van der Waals surface area contributed by atoms with Crippen molar-refractivity contribution in [1.29, 1.82) is 0 Å². The van der Waals surface area contributed by atoms with Crippen LogP contribution in [0.25, 0.3) is 0 Å². The molecule has 0 saturated carbocycles. The molecule has 112 valence electrons. The maximum atomic E-state index is 12.1. The minimum atomic E-state index is -4.30. The van der Waals surface area contributed by atoms with Gasteiger partial charge in [0.25, 0.3) is 0 Å². The van der Waals surface area contributed by atoms with Crippen molar-refractivity contribution in [3.8, 4) is 0 Å². The Hall–Kier alpha value is -0.640. The molecule has 1 nitrogen and oxygen atoms in total. The van der Waals surface area contributed by atoms with Crippen LogP contribution in [0.2, 0.25) is 0 Å². The summed E-state index contributed by atoms with van der Waals surface area (Å²) in [5, 5.41) is -0.143. The normalized spacial score (nSPS) is 19.9. The fraction of sp³-hybridized carbons (Fsp3) is 0.714. The van der Waals surface area contributed by atoms with Gasteiger partial charge in [-0.3, -0.25) is 0 Å². The van der Waals surface area contributed by atoms with Crippen LogP contribution in [0.3, 0.4) is 0 Å². The molecule has 0 fully saturated rings. The standard InChI is InChI=1S/C12H16ClF3O.C2H6/c1-8(2)9-5-10(13)3-4-11(6-9)17-7-12(14,15)16;1-2/h5-6,8,10H,3-4,7H2,1-2H3;1-2H3. The highest BCUT2D eigenvalue weighted by molar-refractivity contribution is 6.21. The highest BCUT2D eigenvalue weighted by atomic mass is 35.5. The van der Waals surface area contributed by atoms with Crippen LogP contribution in [0.4, 0.5) is 13.2 Å². The minimum absolute atomic E-state index is 0.143. The molecule has 0 heterocycles. The lowest BCUT2D eigenvalue weighted by Gasteiger charge is -2.12. The van der Waals surface area contributed by atoms with Gasteiger partial charge in [-0.2, -0.15) is 13.2 Å². The maximum absolute atomic E-state index is 12.1. The van der Waals surface area contributed by atoms with E-state index < -0.39 is 12.8 Å². The summed E-state index contributed by atoms with van der Waals surface area (Å²) < 4.78 is 40.9. The van der Waals surface area contributed by atoms with Crippen LogP contribution in [0.15, 0.2) is 23.5 Å². The predicted molar refractivity (Wildman–Crippen MR) is 73.2 cm³/mol. The van der Waals surface area contributed by atoms with Crippen LogP contribution in [-0.4, -0.2) is 18.2 Å². The van der Waals surface area contributed by atoms with Gasteiger partial charge in [-0.15, -0.1) is 11.6 Å². The Labute approximate surface area is 118 Å².